The lowest BCUT2D eigenvalue weighted by Crippen LogP contribution is -2.46. The summed E-state index contributed by atoms with van der Waals surface area (Å²) in [6.45, 7) is 4.57. The first kappa shape index (κ1) is 30.6. The van der Waals surface area contributed by atoms with E-state index in [1.807, 2.05) is 37.3 Å². The minimum Gasteiger partial charge on any atom is -0.478 e. The van der Waals surface area contributed by atoms with E-state index in [1.165, 1.54) is 18.2 Å². The van der Waals surface area contributed by atoms with Crippen molar-refractivity contribution in [2.24, 2.45) is 0 Å². The van der Waals surface area contributed by atoms with Crippen LogP contribution in [0.4, 0.5) is 30.2 Å². The standard InChI is InChI=1S/C24H24ClN3O4S.C2HF3O2/c1-17-3-2-4-21(15-17)33(31,32)26-22-16-18(24(29)30)5-10-23(22)28-13-11-27(12-14-28)20-8-6-19(25)7-9-20;3-2(4,5)1(6)7/h2-10,15-16,26H,11-14H2,1H3,(H,29,30);(H,6,7). The number of aromatic carboxylic acids is 1. The predicted molar refractivity (Wildman–Crippen MR) is 145 cm³/mol. The molecule has 1 aliphatic heterocycles. The number of alkyl halides is 3. The normalized spacial score (nSPS) is 13.7. The summed E-state index contributed by atoms with van der Waals surface area (Å²) in [4.78, 5) is 24.9. The van der Waals surface area contributed by atoms with Gasteiger partial charge < -0.3 is 20.0 Å². The van der Waals surface area contributed by atoms with Gasteiger partial charge in [0.2, 0.25) is 0 Å². The molecule has 1 fully saturated rings. The molecule has 40 heavy (non-hydrogen) atoms. The fraction of sp³-hybridized carbons (Fsp3) is 0.231. The molecule has 3 aromatic carbocycles. The van der Waals surface area contributed by atoms with Crippen molar-refractivity contribution in [2.75, 3.05) is 40.7 Å². The first-order valence-electron chi connectivity index (χ1n) is 11.7. The zero-order valence-electron chi connectivity index (χ0n) is 21.0. The van der Waals surface area contributed by atoms with E-state index in [1.54, 1.807) is 18.2 Å². The Morgan fingerprint density at radius 1 is 0.900 bits per heavy atom. The molecule has 1 saturated heterocycles. The molecule has 0 atom stereocenters. The van der Waals surface area contributed by atoms with Crippen LogP contribution in [0.1, 0.15) is 15.9 Å². The Hall–Kier alpha value is -3.97. The monoisotopic (exact) mass is 599 g/mol. The van der Waals surface area contributed by atoms with Crippen LogP contribution in [0.3, 0.4) is 0 Å². The zero-order chi connectivity index (χ0) is 29.7. The molecular weight excluding hydrogens is 575 g/mol. The summed E-state index contributed by atoms with van der Waals surface area (Å²) < 4.78 is 60.4. The Morgan fingerprint density at radius 3 is 2.00 bits per heavy atom. The number of piperazine rings is 1. The van der Waals surface area contributed by atoms with Crippen LogP contribution >= 0.6 is 11.6 Å². The summed E-state index contributed by atoms with van der Waals surface area (Å²) in [5.74, 6) is -3.88. The van der Waals surface area contributed by atoms with Crippen molar-refractivity contribution in [3.63, 3.8) is 0 Å². The lowest BCUT2D eigenvalue weighted by atomic mass is 10.1. The minimum atomic E-state index is -5.08. The van der Waals surface area contributed by atoms with Crippen LogP contribution in [-0.2, 0) is 14.8 Å². The van der Waals surface area contributed by atoms with Crippen LogP contribution in [0.5, 0.6) is 0 Å². The number of aryl methyl sites for hydroxylation is 1. The number of hydrogen-bond donors (Lipinski definition) is 3. The fourth-order valence-corrected chi connectivity index (χ4v) is 5.17. The van der Waals surface area contributed by atoms with E-state index in [0.29, 0.717) is 23.8 Å². The summed E-state index contributed by atoms with van der Waals surface area (Å²) in [5, 5.41) is 17.2. The lowest BCUT2D eigenvalue weighted by molar-refractivity contribution is -0.192. The Kier molecular flexibility index (Phi) is 9.53. The Balaban J connectivity index is 0.000000559. The first-order chi connectivity index (χ1) is 18.7. The second-order valence-electron chi connectivity index (χ2n) is 8.71. The Morgan fingerprint density at radius 2 is 1.48 bits per heavy atom. The second-order valence-corrected chi connectivity index (χ2v) is 10.8. The van der Waals surface area contributed by atoms with Crippen molar-refractivity contribution >= 4 is 50.6 Å². The van der Waals surface area contributed by atoms with E-state index in [2.05, 4.69) is 14.5 Å². The highest BCUT2D eigenvalue weighted by molar-refractivity contribution is 7.92. The topological polar surface area (TPSA) is 127 Å². The molecule has 214 valence electrons. The van der Waals surface area contributed by atoms with Crippen LogP contribution in [-0.4, -0.2) is 62.9 Å². The van der Waals surface area contributed by atoms with E-state index >= 15 is 0 Å². The van der Waals surface area contributed by atoms with Crippen LogP contribution in [0.25, 0.3) is 0 Å². The lowest BCUT2D eigenvalue weighted by Gasteiger charge is -2.38. The number of halogens is 4. The number of carboxylic acids is 2. The van der Waals surface area contributed by atoms with Gasteiger partial charge in [-0.2, -0.15) is 13.2 Å². The van der Waals surface area contributed by atoms with Crippen molar-refractivity contribution in [1.82, 2.24) is 0 Å². The zero-order valence-corrected chi connectivity index (χ0v) is 22.6. The number of carboxylic acid groups (broad SMARTS) is 2. The van der Waals surface area contributed by atoms with Gasteiger partial charge in [-0.25, -0.2) is 18.0 Å². The smallest absolute Gasteiger partial charge is 0.478 e. The van der Waals surface area contributed by atoms with E-state index in [0.717, 1.165) is 24.3 Å². The van der Waals surface area contributed by atoms with Crippen LogP contribution in [0.15, 0.2) is 71.6 Å². The molecule has 3 N–H and O–H groups in total. The summed E-state index contributed by atoms with van der Waals surface area (Å²) in [7, 11) is -3.89. The van der Waals surface area contributed by atoms with Crippen molar-refractivity contribution < 1.29 is 41.4 Å². The summed E-state index contributed by atoms with van der Waals surface area (Å²) in [6.07, 6.45) is -5.08. The molecule has 0 radical (unpaired) electrons. The molecule has 0 amide bonds. The highest BCUT2D eigenvalue weighted by atomic mass is 35.5. The van der Waals surface area contributed by atoms with Gasteiger partial charge in [0, 0.05) is 36.9 Å². The Labute approximate surface area is 233 Å². The quantitative estimate of drug-likeness (QED) is 0.357. The molecule has 0 spiro atoms. The number of benzene rings is 3. The third kappa shape index (κ3) is 8.02. The third-order valence-corrected chi connectivity index (χ3v) is 7.46. The van der Waals surface area contributed by atoms with Crippen LogP contribution in [0, 0.1) is 6.92 Å². The maximum Gasteiger partial charge on any atom is 0.490 e. The molecule has 0 bridgehead atoms. The van der Waals surface area contributed by atoms with Crippen LogP contribution < -0.4 is 14.5 Å². The number of anilines is 3. The molecule has 0 aliphatic carbocycles. The highest BCUT2D eigenvalue weighted by Crippen LogP contribution is 2.31. The van der Waals surface area contributed by atoms with Gasteiger partial charge in [-0.1, -0.05) is 23.7 Å². The molecule has 0 saturated carbocycles. The van der Waals surface area contributed by atoms with Gasteiger partial charge in [0.25, 0.3) is 10.0 Å². The maximum absolute atomic E-state index is 13.0. The minimum absolute atomic E-state index is 0.0143. The van der Waals surface area contributed by atoms with E-state index in [9.17, 15) is 31.5 Å². The molecule has 0 unspecified atom stereocenters. The van der Waals surface area contributed by atoms with Crippen molar-refractivity contribution in [2.45, 2.75) is 18.0 Å². The average Bonchev–Trinajstić information content (AvgIpc) is 2.89. The van der Waals surface area contributed by atoms with Crippen molar-refractivity contribution in [1.29, 1.82) is 0 Å². The Bertz CT molecular complexity index is 1480. The summed E-state index contributed by atoms with van der Waals surface area (Å²) in [5.41, 5.74) is 2.79. The number of hydrogen-bond acceptors (Lipinski definition) is 6. The molecule has 1 heterocycles. The molecule has 9 nitrogen and oxygen atoms in total. The second kappa shape index (κ2) is 12.5. The summed E-state index contributed by atoms with van der Waals surface area (Å²) >= 11 is 5.99. The molecule has 3 aromatic rings. The highest BCUT2D eigenvalue weighted by Gasteiger charge is 2.38. The number of carbonyl (C=O) groups is 2. The van der Waals surface area contributed by atoms with E-state index < -0.39 is 28.1 Å². The number of nitrogens with zero attached hydrogens (tertiary/aromatic N) is 2. The molecule has 14 heteroatoms. The maximum atomic E-state index is 13.0. The van der Waals surface area contributed by atoms with Gasteiger partial charge in [0.1, 0.15) is 0 Å². The number of rotatable bonds is 6. The van der Waals surface area contributed by atoms with Crippen molar-refractivity contribution in [3.8, 4) is 0 Å². The van der Waals surface area contributed by atoms with Gasteiger partial charge >= 0.3 is 18.1 Å². The number of aliphatic carboxylic acids is 1. The van der Waals surface area contributed by atoms with E-state index in [4.69, 9.17) is 21.5 Å². The molecule has 4 rings (SSSR count). The van der Waals surface area contributed by atoms with Gasteiger partial charge in [-0.05, 0) is 67.1 Å². The SMILES string of the molecule is Cc1cccc(S(=O)(=O)Nc2cc(C(=O)O)ccc2N2CCN(c3ccc(Cl)cc3)CC2)c1.O=C(O)C(F)(F)F. The largest absolute Gasteiger partial charge is 0.490 e. The number of sulfonamides is 1. The molecule has 0 aromatic heterocycles. The van der Waals surface area contributed by atoms with Gasteiger partial charge in [-0.3, -0.25) is 4.72 Å². The average molecular weight is 600 g/mol. The summed E-state index contributed by atoms with van der Waals surface area (Å²) in [6, 6.07) is 18.8. The number of nitrogens with one attached hydrogen (secondary N) is 1. The van der Waals surface area contributed by atoms with E-state index in [-0.39, 0.29) is 16.1 Å². The third-order valence-electron chi connectivity index (χ3n) is 5.84. The molecular formula is C26H25ClF3N3O6S. The first-order valence-corrected chi connectivity index (χ1v) is 13.6. The van der Waals surface area contributed by atoms with Crippen molar-refractivity contribution in [3.05, 3.63) is 82.9 Å². The van der Waals surface area contributed by atoms with Gasteiger partial charge in [0.05, 0.1) is 21.8 Å². The predicted octanol–water partition coefficient (Wildman–Crippen LogP) is 5.11. The van der Waals surface area contributed by atoms with Gasteiger partial charge in [0.15, 0.2) is 0 Å². The van der Waals surface area contributed by atoms with Crippen LogP contribution in [0.2, 0.25) is 5.02 Å². The fourth-order valence-electron chi connectivity index (χ4n) is 3.87. The molecule has 1 aliphatic rings. The van der Waals surface area contributed by atoms with Gasteiger partial charge in [-0.15, -0.1) is 0 Å².